The van der Waals surface area contributed by atoms with Crippen LogP contribution in [0.15, 0.2) is 24.3 Å². The summed E-state index contributed by atoms with van der Waals surface area (Å²) >= 11 is 5.98. The smallest absolute Gasteiger partial charge is 0.128 e. The van der Waals surface area contributed by atoms with Gasteiger partial charge in [-0.2, -0.15) is 5.26 Å². The van der Waals surface area contributed by atoms with Crippen molar-refractivity contribution in [3.63, 3.8) is 0 Å². The summed E-state index contributed by atoms with van der Waals surface area (Å²) < 4.78 is 0. The minimum atomic E-state index is -0.255. The van der Waals surface area contributed by atoms with E-state index < -0.39 is 0 Å². The highest BCUT2D eigenvalue weighted by molar-refractivity contribution is 6.31. The molecule has 0 aliphatic heterocycles. The molecule has 0 aliphatic rings. The van der Waals surface area contributed by atoms with Crippen LogP contribution in [0.25, 0.3) is 10.9 Å². The lowest BCUT2D eigenvalue weighted by molar-refractivity contribution is 0.252. The van der Waals surface area contributed by atoms with E-state index in [0.29, 0.717) is 22.8 Å². The average Bonchev–Trinajstić information content (AvgIpc) is 2.47. The molecule has 0 fully saturated rings. The molecule has 2 N–H and O–H groups in total. The fourth-order valence-electron chi connectivity index (χ4n) is 2.24. The SMILES string of the molecule is CCC(C)(CCO)Nc1cc(C#N)c2cc(Cl)ccc2n1. The molecule has 0 bridgehead atoms. The number of anilines is 1. The molecule has 1 aromatic heterocycles. The molecule has 110 valence electrons. The number of aromatic nitrogens is 1. The molecule has 4 nitrogen and oxygen atoms in total. The first kappa shape index (κ1) is 15.6. The van der Waals surface area contributed by atoms with Crippen molar-refractivity contribution >= 4 is 28.3 Å². The quantitative estimate of drug-likeness (QED) is 0.883. The van der Waals surface area contributed by atoms with Crippen LogP contribution in [-0.2, 0) is 0 Å². The van der Waals surface area contributed by atoms with Crippen LogP contribution in [0.3, 0.4) is 0 Å². The van der Waals surface area contributed by atoms with E-state index in [-0.39, 0.29) is 12.1 Å². The molecule has 0 radical (unpaired) electrons. The third-order valence-corrected chi connectivity index (χ3v) is 4.00. The van der Waals surface area contributed by atoms with E-state index in [1.165, 1.54) is 0 Å². The zero-order valence-corrected chi connectivity index (χ0v) is 12.9. The maximum absolute atomic E-state index is 9.32. The van der Waals surface area contributed by atoms with Crippen molar-refractivity contribution in [2.24, 2.45) is 0 Å². The second-order valence-corrected chi connectivity index (χ2v) is 5.78. The zero-order chi connectivity index (χ0) is 15.5. The van der Waals surface area contributed by atoms with E-state index in [9.17, 15) is 10.4 Å². The van der Waals surface area contributed by atoms with Crippen molar-refractivity contribution in [3.8, 4) is 6.07 Å². The number of aliphatic hydroxyl groups excluding tert-OH is 1. The Bertz CT molecular complexity index is 696. The number of nitriles is 1. The molecule has 5 heteroatoms. The van der Waals surface area contributed by atoms with E-state index in [2.05, 4.69) is 23.3 Å². The van der Waals surface area contributed by atoms with Gasteiger partial charge in [0, 0.05) is 22.6 Å². The number of rotatable bonds is 5. The standard InChI is InChI=1S/C16H18ClN3O/c1-3-16(2,6-7-21)20-15-8-11(10-18)13-9-12(17)4-5-14(13)19-15/h4-5,8-9,21H,3,6-7H2,1-2H3,(H,19,20). The van der Waals surface area contributed by atoms with Gasteiger partial charge < -0.3 is 10.4 Å². The van der Waals surface area contributed by atoms with Gasteiger partial charge in [-0.25, -0.2) is 4.98 Å². The van der Waals surface area contributed by atoms with Crippen molar-refractivity contribution in [3.05, 3.63) is 34.9 Å². The number of hydrogen-bond donors (Lipinski definition) is 2. The lowest BCUT2D eigenvalue weighted by atomic mass is 9.95. The molecule has 2 rings (SSSR count). The number of hydrogen-bond acceptors (Lipinski definition) is 4. The first-order chi connectivity index (χ1) is 10.0. The van der Waals surface area contributed by atoms with Gasteiger partial charge in [-0.15, -0.1) is 0 Å². The zero-order valence-electron chi connectivity index (χ0n) is 12.2. The summed E-state index contributed by atoms with van der Waals surface area (Å²) in [4.78, 5) is 4.54. The molecule has 1 unspecified atom stereocenters. The Kier molecular flexibility index (Phi) is 4.66. The number of aliphatic hydroxyl groups is 1. The van der Waals surface area contributed by atoms with E-state index in [1.54, 1.807) is 24.3 Å². The molecule has 0 spiro atoms. The average molecular weight is 304 g/mol. The molecule has 1 aromatic carbocycles. The van der Waals surface area contributed by atoms with Gasteiger partial charge in [-0.3, -0.25) is 0 Å². The summed E-state index contributed by atoms with van der Waals surface area (Å²) in [5.41, 5.74) is 1.00. The van der Waals surface area contributed by atoms with Crippen LogP contribution in [0.5, 0.6) is 0 Å². The number of halogens is 1. The van der Waals surface area contributed by atoms with Gasteiger partial charge in [0.05, 0.1) is 17.1 Å². The van der Waals surface area contributed by atoms with Crippen molar-refractivity contribution in [1.82, 2.24) is 4.98 Å². The number of nitrogens with zero attached hydrogens (tertiary/aromatic N) is 2. The van der Waals surface area contributed by atoms with Gasteiger partial charge in [-0.05, 0) is 44.0 Å². The third-order valence-electron chi connectivity index (χ3n) is 3.76. The second-order valence-electron chi connectivity index (χ2n) is 5.34. The molecular formula is C16H18ClN3O. The monoisotopic (exact) mass is 303 g/mol. The van der Waals surface area contributed by atoms with Crippen LogP contribution in [0.2, 0.25) is 5.02 Å². The molecular weight excluding hydrogens is 286 g/mol. The van der Waals surface area contributed by atoms with Gasteiger partial charge >= 0.3 is 0 Å². The summed E-state index contributed by atoms with van der Waals surface area (Å²) in [5.74, 6) is 0.638. The molecule has 1 atom stereocenters. The molecule has 1 heterocycles. The largest absolute Gasteiger partial charge is 0.396 e. The lowest BCUT2D eigenvalue weighted by Crippen LogP contribution is -2.35. The van der Waals surface area contributed by atoms with Crippen molar-refractivity contribution in [2.75, 3.05) is 11.9 Å². The number of nitrogens with one attached hydrogen (secondary N) is 1. The molecule has 0 saturated heterocycles. The Morgan fingerprint density at radius 1 is 1.43 bits per heavy atom. The van der Waals surface area contributed by atoms with Gasteiger partial charge in [0.15, 0.2) is 0 Å². The Labute approximate surface area is 129 Å². The summed E-state index contributed by atoms with van der Waals surface area (Å²) in [5, 5.41) is 23.2. The maximum atomic E-state index is 9.32. The van der Waals surface area contributed by atoms with Gasteiger partial charge in [0.1, 0.15) is 5.82 Å². The summed E-state index contributed by atoms with van der Waals surface area (Å²) in [6.45, 7) is 4.18. The summed E-state index contributed by atoms with van der Waals surface area (Å²) in [6.07, 6.45) is 1.46. The lowest BCUT2D eigenvalue weighted by Gasteiger charge is -2.29. The van der Waals surface area contributed by atoms with Gasteiger partial charge in [-0.1, -0.05) is 18.5 Å². The van der Waals surface area contributed by atoms with Crippen molar-refractivity contribution < 1.29 is 5.11 Å². The fourth-order valence-corrected chi connectivity index (χ4v) is 2.41. The fraction of sp³-hybridized carbons (Fsp3) is 0.375. The molecule has 0 saturated carbocycles. The van der Waals surface area contributed by atoms with Crippen molar-refractivity contribution in [1.29, 1.82) is 5.26 Å². The normalized spacial score (nSPS) is 13.7. The topological polar surface area (TPSA) is 68.9 Å². The predicted molar refractivity (Wildman–Crippen MR) is 85.5 cm³/mol. The van der Waals surface area contributed by atoms with E-state index in [1.807, 2.05) is 6.92 Å². The number of benzene rings is 1. The molecule has 2 aromatic rings. The van der Waals surface area contributed by atoms with Crippen LogP contribution >= 0.6 is 11.6 Å². The minimum Gasteiger partial charge on any atom is -0.396 e. The van der Waals surface area contributed by atoms with E-state index >= 15 is 0 Å². The highest BCUT2D eigenvalue weighted by Gasteiger charge is 2.22. The highest BCUT2D eigenvalue weighted by Crippen LogP contribution is 2.26. The van der Waals surface area contributed by atoms with Crippen LogP contribution in [0.4, 0.5) is 5.82 Å². The summed E-state index contributed by atoms with van der Waals surface area (Å²) in [6, 6.07) is 9.22. The Hall–Kier alpha value is -1.83. The van der Waals surface area contributed by atoms with Crippen LogP contribution in [0, 0.1) is 11.3 Å². The third kappa shape index (κ3) is 3.44. The van der Waals surface area contributed by atoms with Crippen LogP contribution in [-0.4, -0.2) is 22.2 Å². The first-order valence-corrected chi connectivity index (χ1v) is 7.28. The minimum absolute atomic E-state index is 0.103. The van der Waals surface area contributed by atoms with Gasteiger partial charge in [0.2, 0.25) is 0 Å². The van der Waals surface area contributed by atoms with E-state index in [0.717, 1.165) is 17.3 Å². The van der Waals surface area contributed by atoms with E-state index in [4.69, 9.17) is 11.6 Å². The Morgan fingerprint density at radius 3 is 2.81 bits per heavy atom. The predicted octanol–water partition coefficient (Wildman–Crippen LogP) is 3.72. The van der Waals surface area contributed by atoms with Gasteiger partial charge in [0.25, 0.3) is 0 Å². The molecule has 21 heavy (non-hydrogen) atoms. The first-order valence-electron chi connectivity index (χ1n) is 6.91. The maximum Gasteiger partial charge on any atom is 0.128 e. The molecule has 0 aliphatic carbocycles. The molecule has 0 amide bonds. The highest BCUT2D eigenvalue weighted by atomic mass is 35.5. The van der Waals surface area contributed by atoms with Crippen LogP contribution in [0.1, 0.15) is 32.3 Å². The number of pyridine rings is 1. The number of fused-ring (bicyclic) bond motifs is 1. The Morgan fingerprint density at radius 2 is 2.19 bits per heavy atom. The summed E-state index contributed by atoms with van der Waals surface area (Å²) in [7, 11) is 0. The Balaban J connectivity index is 2.47. The second kappa shape index (κ2) is 6.30. The van der Waals surface area contributed by atoms with Crippen molar-refractivity contribution in [2.45, 2.75) is 32.2 Å². The van der Waals surface area contributed by atoms with Crippen LogP contribution < -0.4 is 5.32 Å².